The van der Waals surface area contributed by atoms with Gasteiger partial charge in [-0.2, -0.15) is 0 Å². The number of carbonyl (C=O) groups excluding carboxylic acids is 2. The molecule has 0 aromatic heterocycles. The van der Waals surface area contributed by atoms with Gasteiger partial charge in [-0.05, 0) is 12.8 Å². The number of unbranched alkanes of at least 4 members (excludes halogenated alkanes) is 38. The van der Waals surface area contributed by atoms with Crippen LogP contribution in [0.1, 0.15) is 284 Å². The van der Waals surface area contributed by atoms with E-state index in [0.717, 1.165) is 38.5 Å². The molecule has 410 valence electrons. The summed E-state index contributed by atoms with van der Waals surface area (Å²) in [6.45, 7) is 3.38. The highest BCUT2D eigenvalue weighted by atomic mass is 31.2. The molecule has 0 aromatic carbocycles. The predicted molar refractivity (Wildman–Crippen MR) is 277 cm³/mol. The van der Waals surface area contributed by atoms with Crippen molar-refractivity contribution in [2.75, 3.05) is 13.2 Å². The van der Waals surface area contributed by atoms with E-state index in [1.54, 1.807) is 0 Å². The molecule has 0 aliphatic heterocycles. The molecule has 0 heterocycles. The zero-order valence-electron chi connectivity index (χ0n) is 44.1. The molecule has 0 aromatic rings. The minimum atomic E-state index is -5.12. The maximum Gasteiger partial charge on any atom is 0.472 e. The van der Waals surface area contributed by atoms with E-state index in [9.17, 15) is 44.6 Å². The Kier molecular flexibility index (Phi) is 43.4. The van der Waals surface area contributed by atoms with Gasteiger partial charge in [0.15, 0.2) is 6.10 Å². The third kappa shape index (κ3) is 37.3. The van der Waals surface area contributed by atoms with Gasteiger partial charge in [-0.3, -0.25) is 18.6 Å². The topological polar surface area (TPSA) is 210 Å². The second-order valence-electron chi connectivity index (χ2n) is 20.5. The van der Waals surface area contributed by atoms with Crippen LogP contribution in [-0.2, 0) is 32.7 Å². The monoisotopic (exact) mass is 1010 g/mol. The van der Waals surface area contributed by atoms with Crippen LogP contribution < -0.4 is 0 Å². The fourth-order valence-corrected chi connectivity index (χ4v) is 10.3. The highest BCUT2D eigenvalue weighted by Gasteiger charge is 2.51. The van der Waals surface area contributed by atoms with Gasteiger partial charge < -0.3 is 39.9 Å². The van der Waals surface area contributed by atoms with Gasteiger partial charge in [0.2, 0.25) is 0 Å². The molecule has 1 aliphatic rings. The quantitative estimate of drug-likeness (QED) is 0.0191. The van der Waals surface area contributed by atoms with E-state index in [1.165, 1.54) is 205 Å². The molecule has 1 rings (SSSR count). The van der Waals surface area contributed by atoms with Crippen molar-refractivity contribution in [3.63, 3.8) is 0 Å². The lowest BCUT2D eigenvalue weighted by Crippen LogP contribution is -2.64. The second kappa shape index (κ2) is 45.5. The molecule has 1 saturated carbocycles. The fraction of sp³-hybridized carbons (Fsp3) is 0.964. The van der Waals surface area contributed by atoms with Crippen molar-refractivity contribution in [1.29, 1.82) is 0 Å². The first kappa shape index (κ1) is 65.9. The van der Waals surface area contributed by atoms with Gasteiger partial charge >= 0.3 is 19.8 Å². The molecule has 0 amide bonds. The standard InChI is InChI=1S/C55H107O13P/c1-3-5-7-9-11-13-15-17-19-21-23-25-27-29-31-33-35-37-39-41-43-48(56)65-45-47(46-66-69(63,64)68-55-53(61)51(59)50(58)52(60)54(55)62)67-49(57)44-42-40-38-36-34-32-30-28-26-24-22-20-18-16-14-12-10-8-6-4-2/h47,50-55,58-62H,3-46H2,1-2H3,(H,63,64)/t47-,50?,51-,52?,53?,54?,55?/m1/s1. The molecule has 1 aliphatic carbocycles. The smallest absolute Gasteiger partial charge is 0.462 e. The Morgan fingerprint density at radius 1 is 0.391 bits per heavy atom. The van der Waals surface area contributed by atoms with Crippen LogP contribution in [-0.4, -0.2) is 98.3 Å². The van der Waals surface area contributed by atoms with Gasteiger partial charge in [-0.1, -0.05) is 258 Å². The van der Waals surface area contributed by atoms with E-state index in [0.29, 0.717) is 12.8 Å². The lowest BCUT2D eigenvalue weighted by atomic mass is 9.85. The summed E-state index contributed by atoms with van der Waals surface area (Å²) >= 11 is 0. The Balaban J connectivity index is 2.32. The highest BCUT2D eigenvalue weighted by Crippen LogP contribution is 2.47. The molecule has 13 nitrogen and oxygen atoms in total. The van der Waals surface area contributed by atoms with Crippen LogP contribution in [0.4, 0.5) is 0 Å². The maximum absolute atomic E-state index is 12.9. The molecular weight excluding hydrogens is 900 g/mol. The summed E-state index contributed by atoms with van der Waals surface area (Å²) < 4.78 is 33.8. The summed E-state index contributed by atoms with van der Waals surface area (Å²) in [5.41, 5.74) is 0. The van der Waals surface area contributed by atoms with Gasteiger partial charge in [0.25, 0.3) is 0 Å². The summed E-state index contributed by atoms with van der Waals surface area (Å²) in [6.07, 6.45) is 37.2. The Morgan fingerprint density at radius 3 is 0.957 bits per heavy atom. The van der Waals surface area contributed by atoms with Gasteiger partial charge in [0.1, 0.15) is 43.2 Å². The van der Waals surface area contributed by atoms with Crippen molar-refractivity contribution < 1.29 is 63.1 Å². The molecule has 8 atom stereocenters. The minimum absolute atomic E-state index is 0.106. The number of hydrogen-bond acceptors (Lipinski definition) is 12. The van der Waals surface area contributed by atoms with E-state index in [2.05, 4.69) is 13.8 Å². The Labute approximate surface area is 421 Å². The Bertz CT molecular complexity index is 1210. The molecule has 0 bridgehead atoms. The average Bonchev–Trinajstić information content (AvgIpc) is 3.33. The molecule has 0 radical (unpaired) electrons. The molecule has 0 spiro atoms. The lowest BCUT2D eigenvalue weighted by Gasteiger charge is -2.41. The summed E-state index contributed by atoms with van der Waals surface area (Å²) in [7, 11) is -5.12. The summed E-state index contributed by atoms with van der Waals surface area (Å²) in [5, 5.41) is 50.4. The number of hydrogen-bond donors (Lipinski definition) is 6. The SMILES string of the molecule is CCCCCCCCCCCCCCCCCCCCCCC(=O)OC[C@H](COP(=O)(O)OC1C(O)C(O)C(O)[C@@H](O)C1O)OC(=O)CCCCCCCCCCCCCCCCCCCCCC. The van der Waals surface area contributed by atoms with Gasteiger partial charge in [0, 0.05) is 12.8 Å². The van der Waals surface area contributed by atoms with Gasteiger partial charge in [-0.15, -0.1) is 0 Å². The van der Waals surface area contributed by atoms with Crippen LogP contribution in [0.2, 0.25) is 0 Å². The summed E-state index contributed by atoms with van der Waals surface area (Å²) in [6, 6.07) is 0. The molecule has 69 heavy (non-hydrogen) atoms. The molecular formula is C55H107O13P. The van der Waals surface area contributed by atoms with Crippen LogP contribution >= 0.6 is 7.82 Å². The van der Waals surface area contributed by atoms with Crippen molar-refractivity contribution in [3.05, 3.63) is 0 Å². The molecule has 1 fully saturated rings. The number of ether oxygens (including phenoxy) is 2. The van der Waals surface area contributed by atoms with Crippen molar-refractivity contribution in [2.24, 2.45) is 0 Å². The largest absolute Gasteiger partial charge is 0.472 e. The van der Waals surface area contributed by atoms with E-state index < -0.39 is 75.7 Å². The maximum atomic E-state index is 12.9. The summed E-state index contributed by atoms with van der Waals surface area (Å²) in [4.78, 5) is 36.0. The third-order valence-corrected chi connectivity index (χ3v) is 14.9. The first-order valence-electron chi connectivity index (χ1n) is 28.8. The normalized spacial score (nSPS) is 20.8. The van der Waals surface area contributed by atoms with Gasteiger partial charge in [0.05, 0.1) is 6.61 Å². The Hall–Kier alpha value is -1.15. The van der Waals surface area contributed by atoms with E-state index in [4.69, 9.17) is 18.5 Å². The van der Waals surface area contributed by atoms with Crippen molar-refractivity contribution in [3.8, 4) is 0 Å². The third-order valence-electron chi connectivity index (χ3n) is 13.9. The van der Waals surface area contributed by atoms with Crippen molar-refractivity contribution in [2.45, 2.75) is 326 Å². The summed E-state index contributed by atoms with van der Waals surface area (Å²) in [5.74, 6) is -1.07. The molecule has 6 unspecified atom stereocenters. The number of aliphatic hydroxyl groups excluding tert-OH is 5. The second-order valence-corrected chi connectivity index (χ2v) is 21.9. The van der Waals surface area contributed by atoms with Crippen LogP contribution in [0.5, 0.6) is 0 Å². The number of esters is 2. The number of carbonyl (C=O) groups is 2. The highest BCUT2D eigenvalue weighted by molar-refractivity contribution is 7.47. The predicted octanol–water partition coefficient (Wildman–Crippen LogP) is 13.2. The van der Waals surface area contributed by atoms with E-state index >= 15 is 0 Å². The number of rotatable bonds is 50. The molecule has 0 saturated heterocycles. The van der Waals surface area contributed by atoms with Crippen molar-refractivity contribution >= 4 is 19.8 Å². The first-order valence-corrected chi connectivity index (χ1v) is 30.3. The number of phosphoric ester groups is 1. The van der Waals surface area contributed by atoms with Crippen LogP contribution in [0.15, 0.2) is 0 Å². The van der Waals surface area contributed by atoms with E-state index in [-0.39, 0.29) is 12.8 Å². The first-order chi connectivity index (χ1) is 33.4. The van der Waals surface area contributed by atoms with Crippen molar-refractivity contribution in [1.82, 2.24) is 0 Å². The van der Waals surface area contributed by atoms with Crippen LogP contribution in [0.25, 0.3) is 0 Å². The lowest BCUT2D eigenvalue weighted by molar-refractivity contribution is -0.220. The minimum Gasteiger partial charge on any atom is -0.462 e. The Morgan fingerprint density at radius 2 is 0.652 bits per heavy atom. The van der Waals surface area contributed by atoms with Gasteiger partial charge in [-0.25, -0.2) is 4.57 Å². The van der Waals surface area contributed by atoms with E-state index in [1.807, 2.05) is 0 Å². The van der Waals surface area contributed by atoms with Crippen LogP contribution in [0.3, 0.4) is 0 Å². The average molecular weight is 1010 g/mol. The van der Waals surface area contributed by atoms with Crippen LogP contribution in [0, 0.1) is 0 Å². The molecule has 6 N–H and O–H groups in total. The zero-order valence-corrected chi connectivity index (χ0v) is 45.0. The number of phosphoric acid groups is 1. The fourth-order valence-electron chi connectivity index (χ4n) is 9.35. The molecule has 14 heteroatoms. The zero-order chi connectivity index (χ0) is 50.6. The number of aliphatic hydroxyl groups is 5.